The van der Waals surface area contributed by atoms with Crippen LogP contribution in [0.25, 0.3) is 10.9 Å². The van der Waals surface area contributed by atoms with Gasteiger partial charge in [0.05, 0.1) is 6.04 Å². The maximum atomic E-state index is 12.8. The second-order valence-corrected chi connectivity index (χ2v) is 8.91. The van der Waals surface area contributed by atoms with Gasteiger partial charge in [-0.1, -0.05) is 41.9 Å². The van der Waals surface area contributed by atoms with Crippen LogP contribution in [0.3, 0.4) is 0 Å². The van der Waals surface area contributed by atoms with Gasteiger partial charge >= 0.3 is 6.09 Å². The zero-order valence-corrected chi connectivity index (χ0v) is 20.1. The topological polar surface area (TPSA) is 113 Å². The first kappa shape index (κ1) is 22.8. The highest BCUT2D eigenvalue weighted by Crippen LogP contribution is 2.36. The second-order valence-electron chi connectivity index (χ2n) is 8.47. The minimum absolute atomic E-state index is 0.176. The fourth-order valence-corrected chi connectivity index (χ4v) is 4.49. The molecule has 0 aliphatic carbocycles. The van der Waals surface area contributed by atoms with Gasteiger partial charge in [0.25, 0.3) is 5.56 Å². The van der Waals surface area contributed by atoms with E-state index < -0.39 is 12.1 Å². The second kappa shape index (κ2) is 8.99. The molecule has 2 aromatic heterocycles. The molecule has 1 aliphatic rings. The summed E-state index contributed by atoms with van der Waals surface area (Å²) >= 11 is 6.12. The van der Waals surface area contributed by atoms with E-state index in [2.05, 4.69) is 25.3 Å². The molecule has 0 bridgehead atoms. The number of aromatic nitrogens is 4. The molecule has 2 N–H and O–H groups in total. The number of hydrogen-bond acceptors (Lipinski definition) is 7. The lowest BCUT2D eigenvalue weighted by Gasteiger charge is -2.23. The Balaban J connectivity index is 1.48. The lowest BCUT2D eigenvalue weighted by Crippen LogP contribution is -2.31. The van der Waals surface area contributed by atoms with Crippen molar-refractivity contribution in [2.45, 2.75) is 39.0 Å². The summed E-state index contributed by atoms with van der Waals surface area (Å²) < 4.78 is 5.50. The standard InChI is InChI=1S/C25H23ClN6O3/c1-13(19-12-17-11-18(26)9-10-20(17)30-22(19)33)27-23-28-15(3)29-24(31-23)32-21(14(2)35-25(32)34)16-7-5-4-6-8-16/h4-14,21H,1-3H3,(H,30,33)(H,27,28,29,31)/t13-,14-,21+/m0/s1. The SMILES string of the molecule is Cc1nc(N[C@@H](C)c2cc3cc(Cl)ccc3[nH]c2=O)nc(N2C(=O)O[C@@H](C)[C@@H]2c2ccccc2)n1. The number of nitrogens with one attached hydrogen (secondary N) is 2. The van der Waals surface area contributed by atoms with Crippen molar-refractivity contribution in [3.8, 4) is 0 Å². The fourth-order valence-electron chi connectivity index (χ4n) is 4.31. The Morgan fingerprint density at radius 3 is 2.63 bits per heavy atom. The predicted octanol–water partition coefficient (Wildman–Crippen LogP) is 4.93. The number of cyclic esters (lactones) is 1. The number of halogens is 1. The van der Waals surface area contributed by atoms with E-state index in [1.54, 1.807) is 31.2 Å². The number of carbonyl (C=O) groups excluding carboxylic acids is 1. The van der Waals surface area contributed by atoms with E-state index >= 15 is 0 Å². The number of fused-ring (bicyclic) bond motifs is 1. The number of pyridine rings is 1. The molecule has 1 aliphatic heterocycles. The smallest absolute Gasteiger partial charge is 0.417 e. The van der Waals surface area contributed by atoms with Crippen molar-refractivity contribution in [3.63, 3.8) is 0 Å². The average Bonchev–Trinajstić information content (AvgIpc) is 3.12. The van der Waals surface area contributed by atoms with Crippen LogP contribution in [-0.2, 0) is 4.74 Å². The first-order valence-electron chi connectivity index (χ1n) is 11.2. The first-order chi connectivity index (χ1) is 16.8. The quantitative estimate of drug-likeness (QED) is 0.407. The molecule has 5 rings (SSSR count). The van der Waals surface area contributed by atoms with Gasteiger partial charge in [0, 0.05) is 21.5 Å². The third-order valence-corrected chi connectivity index (χ3v) is 6.18. The van der Waals surface area contributed by atoms with Crippen molar-refractivity contribution in [1.82, 2.24) is 19.9 Å². The van der Waals surface area contributed by atoms with Crippen LogP contribution in [0, 0.1) is 6.92 Å². The number of hydrogen-bond donors (Lipinski definition) is 2. The number of H-pyrrole nitrogens is 1. The number of ether oxygens (including phenoxy) is 1. The zero-order valence-electron chi connectivity index (χ0n) is 19.3. The molecule has 3 heterocycles. The van der Waals surface area contributed by atoms with E-state index in [0.717, 1.165) is 10.9 Å². The van der Waals surface area contributed by atoms with E-state index in [4.69, 9.17) is 16.3 Å². The Labute approximate surface area is 206 Å². The van der Waals surface area contributed by atoms with Crippen LogP contribution < -0.4 is 15.8 Å². The number of anilines is 2. The van der Waals surface area contributed by atoms with Crippen LogP contribution in [-0.4, -0.2) is 32.1 Å². The summed E-state index contributed by atoms with van der Waals surface area (Å²) in [6.45, 7) is 5.38. The van der Waals surface area contributed by atoms with Crippen LogP contribution in [0.2, 0.25) is 5.02 Å². The molecule has 178 valence electrons. The lowest BCUT2D eigenvalue weighted by atomic mass is 10.0. The van der Waals surface area contributed by atoms with Crippen molar-refractivity contribution in [2.75, 3.05) is 10.2 Å². The molecule has 10 heteroatoms. The molecule has 35 heavy (non-hydrogen) atoms. The summed E-state index contributed by atoms with van der Waals surface area (Å²) in [5, 5.41) is 4.56. The van der Waals surface area contributed by atoms with Gasteiger partial charge in [0.1, 0.15) is 18.0 Å². The van der Waals surface area contributed by atoms with Gasteiger partial charge in [-0.2, -0.15) is 15.0 Å². The molecule has 4 aromatic rings. The summed E-state index contributed by atoms with van der Waals surface area (Å²) in [7, 11) is 0. The Kier molecular flexibility index (Phi) is 5.86. The summed E-state index contributed by atoms with van der Waals surface area (Å²) in [4.78, 5) is 43.1. The largest absolute Gasteiger partial charge is 0.443 e. The highest BCUT2D eigenvalue weighted by atomic mass is 35.5. The number of rotatable bonds is 5. The molecule has 0 unspecified atom stereocenters. The van der Waals surface area contributed by atoms with Crippen LogP contribution in [0.1, 0.15) is 42.9 Å². The Hall–Kier alpha value is -3.98. The van der Waals surface area contributed by atoms with Gasteiger partial charge in [-0.3, -0.25) is 4.79 Å². The van der Waals surface area contributed by atoms with E-state index in [1.807, 2.05) is 44.2 Å². The van der Waals surface area contributed by atoms with Crippen LogP contribution in [0.15, 0.2) is 59.4 Å². The maximum Gasteiger partial charge on any atom is 0.417 e. The van der Waals surface area contributed by atoms with Gasteiger partial charge in [0.2, 0.25) is 11.9 Å². The van der Waals surface area contributed by atoms with E-state index in [-0.39, 0.29) is 29.6 Å². The van der Waals surface area contributed by atoms with Crippen molar-refractivity contribution in [3.05, 3.63) is 86.9 Å². The number of amides is 1. The van der Waals surface area contributed by atoms with Crippen molar-refractivity contribution in [1.29, 1.82) is 0 Å². The third kappa shape index (κ3) is 4.42. The van der Waals surface area contributed by atoms with Crippen LogP contribution >= 0.6 is 11.6 Å². The van der Waals surface area contributed by atoms with Gasteiger partial charge in [-0.15, -0.1) is 0 Å². The molecule has 9 nitrogen and oxygen atoms in total. The monoisotopic (exact) mass is 490 g/mol. The Morgan fingerprint density at radius 1 is 1.09 bits per heavy atom. The normalized spacial score (nSPS) is 18.5. The first-order valence-corrected chi connectivity index (χ1v) is 11.5. The lowest BCUT2D eigenvalue weighted by molar-refractivity contribution is 0.141. The number of aryl methyl sites for hydroxylation is 1. The van der Waals surface area contributed by atoms with Crippen LogP contribution in [0.5, 0.6) is 0 Å². The van der Waals surface area contributed by atoms with Gasteiger partial charge in [-0.25, -0.2) is 9.69 Å². The van der Waals surface area contributed by atoms with Gasteiger partial charge < -0.3 is 15.0 Å². The molecule has 0 spiro atoms. The molecule has 0 radical (unpaired) electrons. The highest BCUT2D eigenvalue weighted by molar-refractivity contribution is 6.31. The Morgan fingerprint density at radius 2 is 1.86 bits per heavy atom. The van der Waals surface area contributed by atoms with Gasteiger partial charge in [-0.05, 0) is 50.6 Å². The molecular formula is C25H23ClN6O3. The van der Waals surface area contributed by atoms with E-state index in [0.29, 0.717) is 21.9 Å². The Bertz CT molecular complexity index is 1480. The molecule has 1 amide bonds. The van der Waals surface area contributed by atoms with Crippen molar-refractivity contribution < 1.29 is 9.53 Å². The maximum absolute atomic E-state index is 12.8. The number of carbonyl (C=O) groups is 1. The molecule has 3 atom stereocenters. The molecular weight excluding hydrogens is 468 g/mol. The molecule has 2 aromatic carbocycles. The number of aromatic amines is 1. The van der Waals surface area contributed by atoms with Gasteiger partial charge in [0.15, 0.2) is 0 Å². The summed E-state index contributed by atoms with van der Waals surface area (Å²) in [6, 6.07) is 15.8. The molecule has 0 saturated carbocycles. The summed E-state index contributed by atoms with van der Waals surface area (Å²) in [5.41, 5.74) is 1.87. The molecule has 1 fully saturated rings. The van der Waals surface area contributed by atoms with Crippen molar-refractivity contribution >= 4 is 40.5 Å². The van der Waals surface area contributed by atoms with Crippen LogP contribution in [0.4, 0.5) is 16.7 Å². The summed E-state index contributed by atoms with van der Waals surface area (Å²) in [6.07, 6.45) is -0.918. The third-order valence-electron chi connectivity index (χ3n) is 5.95. The zero-order chi connectivity index (χ0) is 24.7. The molecule has 1 saturated heterocycles. The van der Waals surface area contributed by atoms with E-state index in [9.17, 15) is 9.59 Å². The predicted molar refractivity (Wildman–Crippen MR) is 134 cm³/mol. The highest BCUT2D eigenvalue weighted by Gasteiger charge is 2.43. The summed E-state index contributed by atoms with van der Waals surface area (Å²) in [5.74, 6) is 0.836. The van der Waals surface area contributed by atoms with Crippen molar-refractivity contribution in [2.24, 2.45) is 0 Å². The minimum Gasteiger partial charge on any atom is -0.443 e. The fraction of sp³-hybridized carbons (Fsp3) is 0.240. The minimum atomic E-state index is -0.529. The average molecular weight is 491 g/mol. The van der Waals surface area contributed by atoms with E-state index in [1.165, 1.54) is 4.90 Å². The number of nitrogens with zero attached hydrogens (tertiary/aromatic N) is 4. The number of benzene rings is 2.